The van der Waals surface area contributed by atoms with E-state index < -0.39 is 118 Å². The smallest absolute Gasteiger partial charge is 0.307 e. The summed E-state index contributed by atoms with van der Waals surface area (Å²) in [6.45, 7) is 23.6. The van der Waals surface area contributed by atoms with Crippen LogP contribution >= 0.6 is 12.4 Å². The minimum atomic E-state index is -1.39. The van der Waals surface area contributed by atoms with Gasteiger partial charge in [0.1, 0.15) is 29.6 Å². The number of aliphatic hydroxyl groups excluding tert-OH is 2. The molecule has 0 bridgehead atoms. The maximum atomic E-state index is 14.6. The van der Waals surface area contributed by atoms with Crippen molar-refractivity contribution in [2.45, 2.75) is 272 Å². The molecule has 2 aromatic rings. The molecule has 556 valence electrons. The Morgan fingerprint density at radius 1 is 0.530 bits per heavy atom. The van der Waals surface area contributed by atoms with Crippen LogP contribution in [0.5, 0.6) is 0 Å². The molecule has 26 heteroatoms. The lowest BCUT2D eigenvalue weighted by molar-refractivity contribution is -0.148. The van der Waals surface area contributed by atoms with Gasteiger partial charge in [-0.3, -0.25) is 57.9 Å². The zero-order valence-corrected chi connectivity index (χ0v) is 61.7. The number of nitrogens with two attached hydrogens (primary N) is 1. The molecule has 10 rings (SSSR count). The van der Waals surface area contributed by atoms with E-state index >= 15 is 0 Å². The van der Waals surface area contributed by atoms with Crippen molar-refractivity contribution in [3.63, 3.8) is 0 Å². The Hall–Kier alpha value is -6.57. The van der Waals surface area contributed by atoms with E-state index in [9.17, 15) is 63.3 Å². The number of amides is 7. The first-order valence-corrected chi connectivity index (χ1v) is 36.7. The van der Waals surface area contributed by atoms with Crippen LogP contribution in [0.1, 0.15) is 232 Å². The number of carbonyl (C=O) groups is 10. The zero-order valence-electron chi connectivity index (χ0n) is 60.9. The summed E-state index contributed by atoms with van der Waals surface area (Å²) in [5, 5.41) is 50.7. The molecule has 0 saturated heterocycles. The zero-order chi connectivity index (χ0) is 72.6. The molecule has 100 heavy (non-hydrogen) atoms. The van der Waals surface area contributed by atoms with Crippen LogP contribution in [0, 0.1) is 80.8 Å². The number of halogens is 1. The summed E-state index contributed by atoms with van der Waals surface area (Å²) in [5.41, 5.74) is 4.32. The molecule has 16 atom stereocenters. The first-order valence-electron chi connectivity index (χ1n) is 36.7. The number of hydrogen-bond donors (Lipinski definition) is 11. The van der Waals surface area contributed by atoms with Gasteiger partial charge < -0.3 is 58.3 Å². The van der Waals surface area contributed by atoms with E-state index in [2.05, 4.69) is 84.8 Å². The van der Waals surface area contributed by atoms with Gasteiger partial charge in [0.05, 0.1) is 42.4 Å². The number of fused-ring (bicyclic) bond motifs is 2. The van der Waals surface area contributed by atoms with Crippen molar-refractivity contribution < 1.29 is 63.3 Å². The van der Waals surface area contributed by atoms with Crippen molar-refractivity contribution in [1.29, 1.82) is 0 Å². The number of nitrogens with one attached hydrogen (secondary N) is 7. The number of rotatable bonds is 27. The Labute approximate surface area is 596 Å². The number of carboxylic acid groups (broad SMARTS) is 1. The number of aromatic nitrogens is 4. The van der Waals surface area contributed by atoms with Crippen LogP contribution < -0.4 is 43.0 Å². The van der Waals surface area contributed by atoms with Gasteiger partial charge in [-0.2, -0.15) is 0 Å². The Morgan fingerprint density at radius 2 is 0.920 bits per heavy atom. The monoisotopic (exact) mass is 1410 g/mol. The van der Waals surface area contributed by atoms with E-state index in [1.165, 1.54) is 37.2 Å². The Bertz CT molecular complexity index is 3180. The number of carboxylic acids is 1. The summed E-state index contributed by atoms with van der Waals surface area (Å²) >= 11 is 0. The van der Waals surface area contributed by atoms with Gasteiger partial charge in [-0.25, -0.2) is 9.97 Å². The second-order valence-electron chi connectivity index (χ2n) is 33.1. The van der Waals surface area contributed by atoms with E-state index in [-0.39, 0.29) is 106 Å². The van der Waals surface area contributed by atoms with Crippen LogP contribution in [0.2, 0.25) is 0 Å². The summed E-state index contributed by atoms with van der Waals surface area (Å²) < 4.78 is 0. The minimum absolute atomic E-state index is 0. The summed E-state index contributed by atoms with van der Waals surface area (Å²) in [5.74, 6) is -6.80. The van der Waals surface area contributed by atoms with Crippen LogP contribution in [0.3, 0.4) is 0 Å². The number of Topliss-reactive ketones (excluding diaryl/α,β-unsaturated/α-hetero) is 2. The van der Waals surface area contributed by atoms with E-state index in [0.717, 1.165) is 96.3 Å². The lowest BCUT2D eigenvalue weighted by atomic mass is 9.73. The highest BCUT2D eigenvalue weighted by molar-refractivity contribution is 6.01. The molecule has 12 N–H and O–H groups in total. The molecule has 7 amide bonds. The maximum absolute atomic E-state index is 14.6. The van der Waals surface area contributed by atoms with E-state index in [0.29, 0.717) is 32.1 Å². The molecule has 0 aliphatic heterocycles. The fraction of sp³-hybridized carbons (Fsp3) is 0.757. The molecule has 8 aliphatic carbocycles. The van der Waals surface area contributed by atoms with Gasteiger partial charge >= 0.3 is 5.97 Å². The number of aliphatic carboxylic acids is 1. The third kappa shape index (κ3) is 20.0. The topological polar surface area (TPSA) is 393 Å². The van der Waals surface area contributed by atoms with Crippen molar-refractivity contribution >= 4 is 71.3 Å². The molecule has 0 radical (unpaired) electrons. The van der Waals surface area contributed by atoms with Crippen molar-refractivity contribution in [3.05, 3.63) is 48.6 Å². The molecule has 0 spiro atoms. The summed E-state index contributed by atoms with van der Waals surface area (Å²) in [6.07, 6.45) is 22.7. The Kier molecular flexibility index (Phi) is 27.6. The van der Waals surface area contributed by atoms with Gasteiger partial charge in [-0.15, -0.1) is 12.4 Å². The van der Waals surface area contributed by atoms with Gasteiger partial charge in [0.2, 0.25) is 17.7 Å². The lowest BCUT2D eigenvalue weighted by Gasteiger charge is -2.37. The third-order valence-electron chi connectivity index (χ3n) is 22.8. The standard InChI is InChI=1S/C37H56N6O6.C28H40N4O5.C9H18N2O2.ClH/c1-7-11-24(30(45)35(49)40-21-14-15-21)41-33(47)26-22(18-23-27(26)37(23,5)6)29(44)31(36(2,3)4)43-34(48)28(20-12-9-8-10-13-20)42-32(46)25-19-38-16-17-39-25;1-27(2,3)23(22(33)16-13-17-20(28(17,4)5)19(16)26(36)37)32-25(35)21(15-9-7-6-8-10-15)31-24(34)18-14-29-11-12-30-18;1-2-3-7(10)8(12)9(13)11-6-4-5-6;/h16-17,19-24,26-28,30-31,45H,7-15,18H2,1-6H3,(H,40,49)(H,41,47)(H,42,46)(H,43,48);11-12,14-17,19-21,23H,6-10,13H2,1-5H3,(H,31,34)(H,32,35)(H,36,37);6-8,12H,2-5,10H2,1H3,(H,11,13);1H/t22?,23-,24-,26-,27-,28-,30?,31+;16?,17-,19-,20-,21-,23+;7-,8?;/m000./s1. The van der Waals surface area contributed by atoms with E-state index in [4.69, 9.17) is 5.73 Å². The SMILES string of the molecule is CC(C)(C)[C@H](NC(=O)[C@@H](NC(=O)c1cnccn1)C1CCCCC1)C(=O)C1C[C@H]2[C@@H]([C@H]1C(=O)O)C2(C)C.CCC[C@H](N)C(O)C(=O)NC1CC1.CCC[C@H](NC(=O)[C@H]1C(C(=O)[C@@H](NC(=O)[C@@H](NC(=O)c2cnccn2)C2CCCCC2)C(C)(C)C)C[C@H]2[C@@H]1C2(C)C)C(O)C(=O)NC1CC1.Cl. The quantitative estimate of drug-likeness (QED) is 0.0454. The van der Waals surface area contributed by atoms with Crippen molar-refractivity contribution in [1.82, 2.24) is 57.2 Å². The van der Waals surface area contributed by atoms with Gasteiger partial charge in [0.25, 0.3) is 23.6 Å². The molecule has 8 saturated carbocycles. The molecule has 4 unspecified atom stereocenters. The summed E-state index contributed by atoms with van der Waals surface area (Å²) in [6, 6.07) is -4.31. The third-order valence-corrected chi connectivity index (χ3v) is 22.8. The fourth-order valence-electron chi connectivity index (χ4n) is 16.6. The van der Waals surface area contributed by atoms with Crippen LogP contribution in [0.25, 0.3) is 0 Å². The van der Waals surface area contributed by atoms with Crippen molar-refractivity contribution in [2.75, 3.05) is 0 Å². The predicted molar refractivity (Wildman–Crippen MR) is 376 cm³/mol. The van der Waals surface area contributed by atoms with Crippen LogP contribution in [-0.4, -0.2) is 155 Å². The maximum Gasteiger partial charge on any atom is 0.307 e. The van der Waals surface area contributed by atoms with E-state index in [1.54, 1.807) is 0 Å². The first-order chi connectivity index (χ1) is 46.6. The molecule has 2 heterocycles. The van der Waals surface area contributed by atoms with Gasteiger partial charge in [0, 0.05) is 54.7 Å². The largest absolute Gasteiger partial charge is 0.481 e. The molecule has 8 aliphatic rings. The Balaban J connectivity index is 0.000000242. The van der Waals surface area contributed by atoms with Crippen molar-refractivity contribution in [2.24, 2.45) is 86.6 Å². The van der Waals surface area contributed by atoms with Crippen LogP contribution in [-0.2, 0) is 38.4 Å². The number of ketones is 2. The fourth-order valence-corrected chi connectivity index (χ4v) is 16.6. The van der Waals surface area contributed by atoms with Gasteiger partial charge in [0.15, 0.2) is 17.7 Å². The molecule has 25 nitrogen and oxygen atoms in total. The second kappa shape index (κ2) is 34.1. The summed E-state index contributed by atoms with van der Waals surface area (Å²) in [4.78, 5) is 149. The van der Waals surface area contributed by atoms with Gasteiger partial charge in [-0.1, -0.05) is 134 Å². The second-order valence-corrected chi connectivity index (χ2v) is 33.1. The molecule has 0 aromatic carbocycles. The molecular weight excluding hydrogens is 1300 g/mol. The predicted octanol–water partition coefficient (Wildman–Crippen LogP) is 6.51. The number of nitrogens with zero attached hydrogens (tertiary/aromatic N) is 4. The number of carbonyl (C=O) groups excluding carboxylic acids is 9. The first kappa shape index (κ1) is 80.7. The number of hydrogen-bond acceptors (Lipinski definition) is 17. The van der Waals surface area contributed by atoms with Crippen LogP contribution in [0.15, 0.2) is 37.2 Å². The summed E-state index contributed by atoms with van der Waals surface area (Å²) in [7, 11) is 0. The highest BCUT2D eigenvalue weighted by atomic mass is 35.5. The Morgan fingerprint density at radius 3 is 1.28 bits per heavy atom. The molecule has 2 aromatic heterocycles. The molecule has 8 fully saturated rings. The average Bonchev–Trinajstić information content (AvgIpc) is 1.53. The van der Waals surface area contributed by atoms with Gasteiger partial charge in [-0.05, 0) is 134 Å². The minimum Gasteiger partial charge on any atom is -0.481 e. The number of aliphatic hydroxyl groups is 2. The normalized spacial score (nSPS) is 26.5. The molecular formula is C74H115ClN12O13. The highest BCUT2D eigenvalue weighted by Gasteiger charge is 2.72. The highest BCUT2D eigenvalue weighted by Crippen LogP contribution is 2.72. The van der Waals surface area contributed by atoms with E-state index in [1.807, 2.05) is 55.4 Å². The lowest BCUT2D eigenvalue weighted by Crippen LogP contribution is -2.59. The van der Waals surface area contributed by atoms with Crippen LogP contribution in [0.4, 0.5) is 0 Å². The van der Waals surface area contributed by atoms with Crippen molar-refractivity contribution in [3.8, 4) is 0 Å². The average molecular weight is 1420 g/mol.